The second-order valence-corrected chi connectivity index (χ2v) is 7.54. The van der Waals surface area contributed by atoms with E-state index >= 15 is 0 Å². The summed E-state index contributed by atoms with van der Waals surface area (Å²) in [5, 5.41) is 5.04. The molecule has 0 spiro atoms. The van der Waals surface area contributed by atoms with Crippen molar-refractivity contribution in [3.63, 3.8) is 0 Å². The summed E-state index contributed by atoms with van der Waals surface area (Å²) in [4.78, 5) is 28.2. The Kier molecular flexibility index (Phi) is 4.57. The molecule has 0 unspecified atom stereocenters. The molecule has 0 bridgehead atoms. The number of nitrogens with zero attached hydrogens (tertiary/aromatic N) is 1. The van der Waals surface area contributed by atoms with E-state index in [9.17, 15) is 14.0 Å². The highest BCUT2D eigenvalue weighted by Crippen LogP contribution is 2.36. The van der Waals surface area contributed by atoms with Gasteiger partial charge in [-0.15, -0.1) is 11.3 Å². The fourth-order valence-electron chi connectivity index (χ4n) is 3.12. The van der Waals surface area contributed by atoms with Crippen LogP contribution in [0.25, 0.3) is 5.57 Å². The third kappa shape index (κ3) is 3.12. The second kappa shape index (κ2) is 7.05. The van der Waals surface area contributed by atoms with Gasteiger partial charge in [0.2, 0.25) is 0 Å². The molecule has 0 saturated carbocycles. The van der Waals surface area contributed by atoms with Gasteiger partial charge in [0.25, 0.3) is 11.8 Å². The lowest BCUT2D eigenvalue weighted by atomic mass is 10.1. The predicted octanol–water partition coefficient (Wildman–Crippen LogP) is 4.90. The summed E-state index contributed by atoms with van der Waals surface area (Å²) in [7, 11) is 0. The average molecular weight is 392 g/mol. The van der Waals surface area contributed by atoms with Gasteiger partial charge < -0.3 is 5.32 Å². The summed E-state index contributed by atoms with van der Waals surface area (Å²) >= 11 is 1.39. The number of halogens is 1. The number of nitrogens with one attached hydrogen (secondary N) is 1. The Morgan fingerprint density at radius 2 is 1.71 bits per heavy atom. The summed E-state index contributed by atoms with van der Waals surface area (Å²) in [5.41, 5.74) is 3.66. The zero-order chi connectivity index (χ0) is 19.8. The SMILES string of the molecule is Cc1ccc(C)c(NC2=C(c3cccs3)C(=O)N(c3ccc(F)cc3)C2=O)c1. The van der Waals surface area contributed by atoms with Gasteiger partial charge in [0, 0.05) is 10.6 Å². The first-order chi connectivity index (χ1) is 13.5. The molecule has 6 heteroatoms. The molecule has 140 valence electrons. The molecule has 3 aromatic rings. The van der Waals surface area contributed by atoms with Gasteiger partial charge in [0.1, 0.15) is 11.5 Å². The first-order valence-corrected chi connectivity index (χ1v) is 9.60. The van der Waals surface area contributed by atoms with Gasteiger partial charge in [-0.25, -0.2) is 9.29 Å². The maximum Gasteiger partial charge on any atom is 0.282 e. The van der Waals surface area contributed by atoms with Gasteiger partial charge in [0.15, 0.2) is 0 Å². The molecular weight excluding hydrogens is 375 g/mol. The first kappa shape index (κ1) is 18.1. The monoisotopic (exact) mass is 392 g/mol. The van der Waals surface area contributed by atoms with Crippen LogP contribution in [0, 0.1) is 19.7 Å². The number of hydrogen-bond donors (Lipinski definition) is 1. The van der Waals surface area contributed by atoms with Gasteiger partial charge >= 0.3 is 0 Å². The number of rotatable bonds is 4. The predicted molar refractivity (Wildman–Crippen MR) is 110 cm³/mol. The Bertz CT molecular complexity index is 1100. The van der Waals surface area contributed by atoms with Crippen LogP contribution in [0.1, 0.15) is 16.0 Å². The van der Waals surface area contributed by atoms with Crippen LogP contribution in [0.4, 0.5) is 15.8 Å². The Labute approximate surface area is 165 Å². The van der Waals surface area contributed by atoms with Gasteiger partial charge in [-0.05, 0) is 66.8 Å². The molecule has 4 rings (SSSR count). The fraction of sp³-hybridized carbons (Fsp3) is 0.0909. The Morgan fingerprint density at radius 3 is 2.39 bits per heavy atom. The van der Waals surface area contributed by atoms with Crippen molar-refractivity contribution in [1.29, 1.82) is 0 Å². The van der Waals surface area contributed by atoms with Crippen molar-refractivity contribution in [2.45, 2.75) is 13.8 Å². The average Bonchev–Trinajstić information content (AvgIpc) is 3.27. The minimum atomic E-state index is -0.457. The van der Waals surface area contributed by atoms with Crippen LogP contribution in [0.2, 0.25) is 0 Å². The molecule has 0 radical (unpaired) electrons. The highest BCUT2D eigenvalue weighted by atomic mass is 32.1. The van der Waals surface area contributed by atoms with E-state index in [1.165, 1.54) is 35.6 Å². The zero-order valence-corrected chi connectivity index (χ0v) is 16.1. The number of benzene rings is 2. The highest BCUT2D eigenvalue weighted by Gasteiger charge is 2.40. The maximum absolute atomic E-state index is 13.3. The molecule has 2 aromatic carbocycles. The fourth-order valence-corrected chi connectivity index (χ4v) is 3.89. The summed E-state index contributed by atoms with van der Waals surface area (Å²) in [6, 6.07) is 14.9. The first-order valence-electron chi connectivity index (χ1n) is 8.72. The lowest BCUT2D eigenvalue weighted by Gasteiger charge is -2.16. The van der Waals surface area contributed by atoms with Crippen LogP contribution in [-0.2, 0) is 9.59 Å². The largest absolute Gasteiger partial charge is 0.350 e. The van der Waals surface area contributed by atoms with Crippen LogP contribution in [0.5, 0.6) is 0 Å². The highest BCUT2D eigenvalue weighted by molar-refractivity contribution is 7.11. The third-order valence-electron chi connectivity index (χ3n) is 4.59. The van der Waals surface area contributed by atoms with E-state index in [0.29, 0.717) is 16.1 Å². The molecular formula is C22H17FN2O2S. The molecule has 2 amide bonds. The Morgan fingerprint density at radius 1 is 0.964 bits per heavy atom. The van der Waals surface area contributed by atoms with Crippen LogP contribution < -0.4 is 10.2 Å². The Hall–Kier alpha value is -3.25. The van der Waals surface area contributed by atoms with Crippen LogP contribution >= 0.6 is 11.3 Å². The number of anilines is 2. The molecule has 4 nitrogen and oxygen atoms in total. The molecule has 28 heavy (non-hydrogen) atoms. The standard InChI is InChI=1S/C22H17FN2O2S/c1-13-5-6-14(2)17(12-13)24-20-19(18-4-3-11-28-18)21(26)25(22(20)27)16-9-7-15(23)8-10-16/h3-12,24H,1-2H3. The van der Waals surface area contributed by atoms with Gasteiger partial charge in [-0.3, -0.25) is 9.59 Å². The number of imide groups is 1. The maximum atomic E-state index is 13.3. The number of hydrogen-bond acceptors (Lipinski definition) is 4. The van der Waals surface area contributed by atoms with E-state index in [1.807, 2.05) is 49.6 Å². The van der Waals surface area contributed by atoms with E-state index in [0.717, 1.165) is 21.7 Å². The van der Waals surface area contributed by atoms with Crippen molar-refractivity contribution in [2.75, 3.05) is 10.2 Å². The molecule has 1 aromatic heterocycles. The van der Waals surface area contributed by atoms with E-state index < -0.39 is 17.6 Å². The van der Waals surface area contributed by atoms with Crippen molar-refractivity contribution < 1.29 is 14.0 Å². The summed E-state index contributed by atoms with van der Waals surface area (Å²) < 4.78 is 13.3. The molecule has 0 atom stereocenters. The molecule has 1 aliphatic rings. The lowest BCUT2D eigenvalue weighted by molar-refractivity contribution is -0.120. The third-order valence-corrected chi connectivity index (χ3v) is 5.48. The van der Waals surface area contributed by atoms with Crippen molar-refractivity contribution in [3.05, 3.63) is 87.5 Å². The van der Waals surface area contributed by atoms with Crippen molar-refractivity contribution >= 4 is 40.1 Å². The van der Waals surface area contributed by atoms with Gasteiger partial charge in [-0.1, -0.05) is 18.2 Å². The molecule has 1 aliphatic heterocycles. The smallest absolute Gasteiger partial charge is 0.282 e. The minimum Gasteiger partial charge on any atom is -0.350 e. The number of carbonyl (C=O) groups excluding carboxylic acids is 2. The number of aryl methyl sites for hydroxylation is 2. The van der Waals surface area contributed by atoms with E-state index in [-0.39, 0.29) is 5.70 Å². The number of carbonyl (C=O) groups is 2. The summed E-state index contributed by atoms with van der Waals surface area (Å²) in [6.45, 7) is 3.90. The van der Waals surface area contributed by atoms with E-state index in [1.54, 1.807) is 0 Å². The number of amides is 2. The van der Waals surface area contributed by atoms with E-state index in [4.69, 9.17) is 0 Å². The van der Waals surface area contributed by atoms with Crippen LogP contribution in [0.3, 0.4) is 0 Å². The van der Waals surface area contributed by atoms with Crippen molar-refractivity contribution in [3.8, 4) is 0 Å². The normalized spacial score (nSPS) is 14.2. The topological polar surface area (TPSA) is 49.4 Å². The molecule has 1 N–H and O–H groups in total. The van der Waals surface area contributed by atoms with Gasteiger partial charge in [-0.2, -0.15) is 0 Å². The van der Waals surface area contributed by atoms with Crippen LogP contribution in [0.15, 0.2) is 65.7 Å². The molecule has 0 fully saturated rings. The van der Waals surface area contributed by atoms with E-state index in [2.05, 4.69) is 5.32 Å². The van der Waals surface area contributed by atoms with Crippen LogP contribution in [-0.4, -0.2) is 11.8 Å². The summed E-state index contributed by atoms with van der Waals surface area (Å²) in [5.74, 6) is -1.31. The van der Waals surface area contributed by atoms with Crippen molar-refractivity contribution in [1.82, 2.24) is 0 Å². The second-order valence-electron chi connectivity index (χ2n) is 6.59. The van der Waals surface area contributed by atoms with Crippen molar-refractivity contribution in [2.24, 2.45) is 0 Å². The zero-order valence-electron chi connectivity index (χ0n) is 15.3. The molecule has 2 heterocycles. The number of thiophene rings is 1. The minimum absolute atomic E-state index is 0.227. The quantitative estimate of drug-likeness (QED) is 0.643. The molecule has 0 aliphatic carbocycles. The lowest BCUT2D eigenvalue weighted by Crippen LogP contribution is -2.32. The summed E-state index contributed by atoms with van der Waals surface area (Å²) in [6.07, 6.45) is 0. The van der Waals surface area contributed by atoms with Gasteiger partial charge in [0.05, 0.1) is 11.3 Å². The molecule has 0 saturated heterocycles. The Balaban J connectivity index is 1.81.